The van der Waals surface area contributed by atoms with Gasteiger partial charge >= 0.3 is 0 Å². The van der Waals surface area contributed by atoms with E-state index in [9.17, 15) is 0 Å². The topological polar surface area (TPSA) is 25.2 Å². The van der Waals surface area contributed by atoms with E-state index in [-0.39, 0.29) is 0 Å². The summed E-state index contributed by atoms with van der Waals surface area (Å²) in [5, 5.41) is 3.70. The molecule has 84 valence electrons. The largest absolute Gasteiger partial charge is 0.469 e. The summed E-state index contributed by atoms with van der Waals surface area (Å²) in [6.45, 7) is 6.78. The Labute approximate surface area is 92.1 Å². The molecular weight excluding hydrogens is 186 g/mol. The number of fused-ring (bicyclic) bond motifs is 1. The van der Waals surface area contributed by atoms with Gasteiger partial charge in [0, 0.05) is 24.1 Å². The molecule has 2 heteroatoms. The number of hydrogen-bond donors (Lipinski definition) is 1. The molecule has 1 aliphatic rings. The number of hydrogen-bond acceptors (Lipinski definition) is 2. The molecule has 0 fully saturated rings. The first-order valence-corrected chi connectivity index (χ1v) is 6.01. The van der Waals surface area contributed by atoms with Crippen LogP contribution >= 0.6 is 0 Å². The molecule has 0 spiro atoms. The molecule has 0 bridgehead atoms. The van der Waals surface area contributed by atoms with Gasteiger partial charge in [0.05, 0.1) is 6.26 Å². The van der Waals surface area contributed by atoms with Gasteiger partial charge in [-0.3, -0.25) is 0 Å². The summed E-state index contributed by atoms with van der Waals surface area (Å²) in [7, 11) is 0. The maximum Gasteiger partial charge on any atom is 0.108 e. The quantitative estimate of drug-likeness (QED) is 0.822. The minimum Gasteiger partial charge on any atom is -0.469 e. The van der Waals surface area contributed by atoms with E-state index in [0.717, 1.165) is 6.42 Å². The summed E-state index contributed by atoms with van der Waals surface area (Å²) < 4.78 is 5.49. The third-order valence-corrected chi connectivity index (χ3v) is 3.52. The molecule has 1 aromatic rings. The minimum absolute atomic E-state index is 0.505. The predicted octanol–water partition coefficient (Wildman–Crippen LogP) is 3.29. The molecular formula is C13H21NO. The molecule has 2 nitrogen and oxygen atoms in total. The third-order valence-electron chi connectivity index (χ3n) is 3.52. The fourth-order valence-corrected chi connectivity index (χ4v) is 2.17. The summed E-state index contributed by atoms with van der Waals surface area (Å²) >= 11 is 0. The second kappa shape index (κ2) is 4.40. The molecule has 0 radical (unpaired) electrons. The van der Waals surface area contributed by atoms with Crippen molar-refractivity contribution < 1.29 is 4.42 Å². The second-order valence-corrected chi connectivity index (χ2v) is 4.94. The fourth-order valence-electron chi connectivity index (χ4n) is 2.17. The van der Waals surface area contributed by atoms with E-state index in [1.54, 1.807) is 0 Å². The van der Waals surface area contributed by atoms with Crippen LogP contribution in [0.25, 0.3) is 0 Å². The van der Waals surface area contributed by atoms with Crippen LogP contribution in [0.3, 0.4) is 0 Å². The van der Waals surface area contributed by atoms with Gasteiger partial charge in [-0.1, -0.05) is 13.8 Å². The van der Waals surface area contributed by atoms with Crippen molar-refractivity contribution in [3.8, 4) is 0 Å². The molecule has 0 saturated heterocycles. The Kier molecular flexibility index (Phi) is 3.15. The van der Waals surface area contributed by atoms with Gasteiger partial charge in [0.1, 0.15) is 5.76 Å². The SMILES string of the molecule is CC(C)[C@@H](C)N[C@@H]1CCCc2occc21. The van der Waals surface area contributed by atoms with Gasteiger partial charge in [-0.25, -0.2) is 0 Å². The van der Waals surface area contributed by atoms with Gasteiger partial charge in [0.2, 0.25) is 0 Å². The molecule has 15 heavy (non-hydrogen) atoms. The lowest BCUT2D eigenvalue weighted by Crippen LogP contribution is -2.35. The van der Waals surface area contributed by atoms with Gasteiger partial charge in [0.25, 0.3) is 0 Å². The van der Waals surface area contributed by atoms with Gasteiger partial charge in [0.15, 0.2) is 0 Å². The number of nitrogens with one attached hydrogen (secondary N) is 1. The van der Waals surface area contributed by atoms with Crippen molar-refractivity contribution in [2.75, 3.05) is 0 Å². The van der Waals surface area contributed by atoms with Crippen molar-refractivity contribution in [1.82, 2.24) is 5.32 Å². The van der Waals surface area contributed by atoms with Crippen LogP contribution in [0, 0.1) is 5.92 Å². The highest BCUT2D eigenvalue weighted by atomic mass is 16.3. The van der Waals surface area contributed by atoms with Gasteiger partial charge in [-0.15, -0.1) is 0 Å². The number of furan rings is 1. The van der Waals surface area contributed by atoms with Crippen LogP contribution < -0.4 is 5.32 Å². The Hall–Kier alpha value is -0.760. The lowest BCUT2D eigenvalue weighted by molar-refractivity contribution is 0.339. The summed E-state index contributed by atoms with van der Waals surface area (Å²) in [6.07, 6.45) is 5.41. The fraction of sp³-hybridized carbons (Fsp3) is 0.692. The normalized spacial score (nSPS) is 22.8. The molecule has 1 heterocycles. The Morgan fingerprint density at radius 1 is 1.40 bits per heavy atom. The van der Waals surface area contributed by atoms with Crippen LogP contribution in [0.5, 0.6) is 0 Å². The first-order chi connectivity index (χ1) is 7.18. The van der Waals surface area contributed by atoms with E-state index in [1.807, 2.05) is 6.26 Å². The molecule has 0 aromatic carbocycles. The van der Waals surface area contributed by atoms with E-state index in [0.29, 0.717) is 18.0 Å². The smallest absolute Gasteiger partial charge is 0.108 e. The van der Waals surface area contributed by atoms with Crippen molar-refractivity contribution in [3.63, 3.8) is 0 Å². The lowest BCUT2D eigenvalue weighted by atomic mass is 9.92. The lowest BCUT2D eigenvalue weighted by Gasteiger charge is -2.28. The Bertz CT molecular complexity index is 316. The van der Waals surface area contributed by atoms with Crippen LogP contribution in [-0.4, -0.2) is 6.04 Å². The highest BCUT2D eigenvalue weighted by Crippen LogP contribution is 2.31. The van der Waals surface area contributed by atoms with Crippen LogP contribution in [0.4, 0.5) is 0 Å². The number of aryl methyl sites for hydroxylation is 1. The summed E-state index contributed by atoms with van der Waals surface area (Å²) in [4.78, 5) is 0. The van der Waals surface area contributed by atoms with Crippen molar-refractivity contribution in [2.45, 2.75) is 52.1 Å². The maximum absolute atomic E-state index is 5.49. The van der Waals surface area contributed by atoms with E-state index >= 15 is 0 Å². The molecule has 2 rings (SSSR count). The maximum atomic E-state index is 5.49. The molecule has 0 amide bonds. The van der Waals surface area contributed by atoms with Gasteiger partial charge in [-0.2, -0.15) is 0 Å². The Morgan fingerprint density at radius 3 is 2.93 bits per heavy atom. The molecule has 0 unspecified atom stereocenters. The first kappa shape index (κ1) is 10.7. The van der Waals surface area contributed by atoms with Crippen LogP contribution in [0.15, 0.2) is 16.7 Å². The van der Waals surface area contributed by atoms with Crippen molar-refractivity contribution >= 4 is 0 Å². The average Bonchev–Trinajstić information content (AvgIpc) is 2.66. The van der Waals surface area contributed by atoms with Crippen LogP contribution in [-0.2, 0) is 6.42 Å². The standard InChI is InChI=1S/C13H21NO/c1-9(2)10(3)14-12-5-4-6-13-11(12)7-8-15-13/h7-10,12,14H,4-6H2,1-3H3/t10-,12-/m1/s1. The second-order valence-electron chi connectivity index (χ2n) is 4.94. The van der Waals surface area contributed by atoms with E-state index in [1.165, 1.54) is 24.2 Å². The highest BCUT2D eigenvalue weighted by molar-refractivity contribution is 5.24. The zero-order valence-electron chi connectivity index (χ0n) is 9.92. The molecule has 1 N–H and O–H groups in total. The Morgan fingerprint density at radius 2 is 2.20 bits per heavy atom. The zero-order chi connectivity index (χ0) is 10.8. The summed E-state index contributed by atoms with van der Waals surface area (Å²) in [5.74, 6) is 1.87. The number of rotatable bonds is 3. The highest BCUT2D eigenvalue weighted by Gasteiger charge is 2.24. The van der Waals surface area contributed by atoms with Gasteiger partial charge in [-0.05, 0) is 31.7 Å². The third kappa shape index (κ3) is 2.25. The van der Waals surface area contributed by atoms with E-state index in [2.05, 4.69) is 32.2 Å². The minimum atomic E-state index is 0.505. The first-order valence-electron chi connectivity index (χ1n) is 6.01. The van der Waals surface area contributed by atoms with Crippen molar-refractivity contribution in [3.05, 3.63) is 23.7 Å². The zero-order valence-corrected chi connectivity index (χ0v) is 9.92. The van der Waals surface area contributed by atoms with Crippen molar-refractivity contribution in [1.29, 1.82) is 0 Å². The summed E-state index contributed by atoms with van der Waals surface area (Å²) in [5.41, 5.74) is 1.38. The molecule has 1 aliphatic carbocycles. The van der Waals surface area contributed by atoms with Crippen LogP contribution in [0.2, 0.25) is 0 Å². The monoisotopic (exact) mass is 207 g/mol. The molecule has 0 aliphatic heterocycles. The van der Waals surface area contributed by atoms with Crippen LogP contribution in [0.1, 0.15) is 51.0 Å². The average molecular weight is 207 g/mol. The Balaban J connectivity index is 2.06. The van der Waals surface area contributed by atoms with Gasteiger partial charge < -0.3 is 9.73 Å². The van der Waals surface area contributed by atoms with E-state index in [4.69, 9.17) is 4.42 Å². The molecule has 1 aromatic heterocycles. The summed E-state index contributed by atoms with van der Waals surface area (Å²) in [6, 6.07) is 3.19. The predicted molar refractivity (Wildman–Crippen MR) is 61.8 cm³/mol. The molecule has 0 saturated carbocycles. The van der Waals surface area contributed by atoms with E-state index < -0.39 is 0 Å². The van der Waals surface area contributed by atoms with Crippen molar-refractivity contribution in [2.24, 2.45) is 5.92 Å². The molecule has 2 atom stereocenters.